The van der Waals surface area contributed by atoms with Crippen LogP contribution in [0.4, 0.5) is 0 Å². The van der Waals surface area contributed by atoms with Crippen molar-refractivity contribution in [2.45, 2.75) is 39.5 Å². The number of hydrogen-bond donors (Lipinski definition) is 2. The van der Waals surface area contributed by atoms with Crippen LogP contribution in [-0.4, -0.2) is 42.9 Å². The lowest BCUT2D eigenvalue weighted by Gasteiger charge is -2.32. The number of nitrogens with two attached hydrogens (primary N) is 1. The number of likely N-dealkylation sites (tertiary alicyclic amines) is 1. The van der Waals surface area contributed by atoms with Crippen molar-refractivity contribution in [1.29, 1.82) is 0 Å². The number of piperidine rings is 1. The van der Waals surface area contributed by atoms with Crippen LogP contribution in [0.2, 0.25) is 0 Å². The monoisotopic (exact) mass is 345 g/mol. The molecular weight excluding hydrogens is 314 g/mol. The predicted molar refractivity (Wildman–Crippen MR) is 100 cm³/mol. The minimum atomic E-state index is -0.113. The highest BCUT2D eigenvalue weighted by Gasteiger charge is 2.28. The summed E-state index contributed by atoms with van der Waals surface area (Å²) < 4.78 is 0. The second-order valence-electron chi connectivity index (χ2n) is 7.35. The first kappa shape index (κ1) is 19.4. The molecule has 1 unspecified atom stereocenters. The first-order chi connectivity index (χ1) is 12.0. The van der Waals surface area contributed by atoms with Crippen LogP contribution in [0.3, 0.4) is 0 Å². The second kappa shape index (κ2) is 9.56. The van der Waals surface area contributed by atoms with E-state index in [0.717, 1.165) is 31.4 Å². The van der Waals surface area contributed by atoms with E-state index in [1.54, 1.807) is 0 Å². The molecule has 1 aromatic rings. The van der Waals surface area contributed by atoms with Gasteiger partial charge >= 0.3 is 0 Å². The smallest absolute Gasteiger partial charge is 0.227 e. The number of nitrogens with zero attached hydrogens (tertiary/aromatic N) is 1. The Kier molecular flexibility index (Phi) is 7.44. The van der Waals surface area contributed by atoms with Crippen molar-refractivity contribution in [3.05, 3.63) is 35.4 Å². The minimum absolute atomic E-state index is 0.0148. The lowest BCUT2D eigenvalue weighted by atomic mass is 9.96. The second-order valence-corrected chi connectivity index (χ2v) is 7.35. The van der Waals surface area contributed by atoms with Gasteiger partial charge in [0.15, 0.2) is 0 Å². The van der Waals surface area contributed by atoms with Gasteiger partial charge in [-0.25, -0.2) is 0 Å². The van der Waals surface area contributed by atoms with Gasteiger partial charge in [0.05, 0.1) is 12.3 Å². The Labute approximate surface area is 151 Å². The lowest BCUT2D eigenvalue weighted by molar-refractivity contribution is -0.135. The van der Waals surface area contributed by atoms with Gasteiger partial charge in [-0.05, 0) is 36.3 Å². The molecule has 0 aliphatic carbocycles. The summed E-state index contributed by atoms with van der Waals surface area (Å²) in [6.45, 7) is 6.59. The van der Waals surface area contributed by atoms with Crippen LogP contribution in [0, 0.1) is 11.8 Å². The molecule has 0 aromatic heterocycles. The third-order valence-corrected chi connectivity index (χ3v) is 4.61. The molecule has 25 heavy (non-hydrogen) atoms. The van der Waals surface area contributed by atoms with E-state index in [4.69, 9.17) is 5.73 Å². The van der Waals surface area contributed by atoms with Gasteiger partial charge < -0.3 is 16.0 Å². The van der Waals surface area contributed by atoms with E-state index >= 15 is 0 Å². The van der Waals surface area contributed by atoms with Gasteiger partial charge in [0.1, 0.15) is 0 Å². The topological polar surface area (TPSA) is 75.4 Å². The fourth-order valence-corrected chi connectivity index (χ4v) is 3.31. The zero-order valence-electron chi connectivity index (χ0n) is 15.5. The summed E-state index contributed by atoms with van der Waals surface area (Å²) >= 11 is 0. The summed E-state index contributed by atoms with van der Waals surface area (Å²) in [5, 5.41) is 2.83. The maximum Gasteiger partial charge on any atom is 0.227 e. The number of rotatable bonds is 7. The minimum Gasteiger partial charge on any atom is -0.355 e. The quantitative estimate of drug-likeness (QED) is 0.790. The molecule has 0 spiro atoms. The first-order valence-electron chi connectivity index (χ1n) is 9.33. The molecule has 3 N–H and O–H groups in total. The van der Waals surface area contributed by atoms with Crippen LogP contribution in [0.1, 0.15) is 37.8 Å². The van der Waals surface area contributed by atoms with Crippen LogP contribution in [-0.2, 0) is 22.4 Å². The molecule has 2 rings (SSSR count). The number of carbonyl (C=O) groups excluding carboxylic acids is 2. The first-order valence-corrected chi connectivity index (χ1v) is 9.33. The Balaban J connectivity index is 1.88. The van der Waals surface area contributed by atoms with E-state index in [1.165, 1.54) is 5.56 Å². The maximum atomic E-state index is 12.6. The summed E-state index contributed by atoms with van der Waals surface area (Å²) in [5.41, 5.74) is 7.77. The molecule has 1 atom stereocenters. The fraction of sp³-hybridized carbons (Fsp3) is 0.600. The number of hydrogen-bond acceptors (Lipinski definition) is 3. The van der Waals surface area contributed by atoms with E-state index in [1.807, 2.05) is 17.0 Å². The molecule has 138 valence electrons. The van der Waals surface area contributed by atoms with E-state index in [-0.39, 0.29) is 17.7 Å². The average molecular weight is 345 g/mol. The standard InChI is InChI=1S/C20H31N3O2/c1-15(2)12-16-5-7-17(8-6-16)13-19(24)23-11-3-4-18(14-23)20(25)22-10-9-21/h5-8,15,18H,3-4,9-14,21H2,1-2H3,(H,22,25). The molecule has 1 saturated heterocycles. The summed E-state index contributed by atoms with van der Waals surface area (Å²) in [6, 6.07) is 8.32. The Morgan fingerprint density at radius 2 is 1.92 bits per heavy atom. The summed E-state index contributed by atoms with van der Waals surface area (Å²) in [5.74, 6) is 0.634. The highest BCUT2D eigenvalue weighted by Crippen LogP contribution is 2.18. The van der Waals surface area contributed by atoms with Gasteiger partial charge in [-0.2, -0.15) is 0 Å². The molecule has 0 radical (unpaired) electrons. The van der Waals surface area contributed by atoms with E-state index in [2.05, 4.69) is 31.3 Å². The summed E-state index contributed by atoms with van der Waals surface area (Å²) in [4.78, 5) is 26.5. The van der Waals surface area contributed by atoms with Gasteiger partial charge in [0, 0.05) is 26.2 Å². The molecule has 1 aromatic carbocycles. The van der Waals surface area contributed by atoms with Gasteiger partial charge in [-0.3, -0.25) is 9.59 Å². The van der Waals surface area contributed by atoms with Crippen molar-refractivity contribution in [1.82, 2.24) is 10.2 Å². The molecule has 1 aliphatic rings. The van der Waals surface area contributed by atoms with Gasteiger partial charge in [0.2, 0.25) is 11.8 Å². The van der Waals surface area contributed by atoms with E-state index in [0.29, 0.717) is 32.0 Å². The Morgan fingerprint density at radius 1 is 1.24 bits per heavy atom. The SMILES string of the molecule is CC(C)Cc1ccc(CC(=O)N2CCCC(C(=O)NCCN)C2)cc1. The largest absolute Gasteiger partial charge is 0.355 e. The molecule has 2 amide bonds. The zero-order chi connectivity index (χ0) is 18.2. The lowest BCUT2D eigenvalue weighted by Crippen LogP contribution is -2.46. The van der Waals surface area contributed by atoms with E-state index in [9.17, 15) is 9.59 Å². The Hall–Kier alpha value is -1.88. The third-order valence-electron chi connectivity index (χ3n) is 4.61. The van der Waals surface area contributed by atoms with Gasteiger partial charge in [-0.1, -0.05) is 38.1 Å². The molecule has 5 heteroatoms. The van der Waals surface area contributed by atoms with Crippen molar-refractivity contribution in [2.24, 2.45) is 17.6 Å². The number of amides is 2. The Morgan fingerprint density at radius 3 is 2.56 bits per heavy atom. The van der Waals surface area contributed by atoms with Gasteiger partial charge in [-0.15, -0.1) is 0 Å². The Bertz CT molecular complexity index is 569. The zero-order valence-corrected chi connectivity index (χ0v) is 15.5. The predicted octanol–water partition coefficient (Wildman–Crippen LogP) is 1.74. The molecule has 0 saturated carbocycles. The molecule has 1 fully saturated rings. The normalized spacial score (nSPS) is 17.6. The van der Waals surface area contributed by atoms with Crippen molar-refractivity contribution in [3.63, 3.8) is 0 Å². The van der Waals surface area contributed by atoms with Crippen LogP contribution in [0.5, 0.6) is 0 Å². The number of benzene rings is 1. The van der Waals surface area contributed by atoms with Crippen molar-refractivity contribution < 1.29 is 9.59 Å². The fourth-order valence-electron chi connectivity index (χ4n) is 3.31. The van der Waals surface area contributed by atoms with E-state index < -0.39 is 0 Å². The average Bonchev–Trinajstić information content (AvgIpc) is 2.61. The molecule has 0 bridgehead atoms. The van der Waals surface area contributed by atoms with Crippen molar-refractivity contribution in [3.8, 4) is 0 Å². The highest BCUT2D eigenvalue weighted by molar-refractivity contribution is 5.82. The van der Waals surface area contributed by atoms with Crippen molar-refractivity contribution in [2.75, 3.05) is 26.2 Å². The van der Waals surface area contributed by atoms with Crippen LogP contribution < -0.4 is 11.1 Å². The maximum absolute atomic E-state index is 12.6. The highest BCUT2D eigenvalue weighted by atomic mass is 16.2. The van der Waals surface area contributed by atoms with Gasteiger partial charge in [0.25, 0.3) is 0 Å². The molecule has 1 aliphatic heterocycles. The number of carbonyl (C=O) groups is 2. The van der Waals surface area contributed by atoms with Crippen LogP contribution in [0.15, 0.2) is 24.3 Å². The summed E-state index contributed by atoms with van der Waals surface area (Å²) in [7, 11) is 0. The van der Waals surface area contributed by atoms with Crippen LogP contribution in [0.25, 0.3) is 0 Å². The van der Waals surface area contributed by atoms with Crippen molar-refractivity contribution >= 4 is 11.8 Å². The summed E-state index contributed by atoms with van der Waals surface area (Å²) in [6.07, 6.45) is 3.17. The molecule has 5 nitrogen and oxygen atoms in total. The number of nitrogens with one attached hydrogen (secondary N) is 1. The molecular formula is C20H31N3O2. The third kappa shape index (κ3) is 6.16. The molecule has 1 heterocycles. The van der Waals surface area contributed by atoms with Crippen LogP contribution >= 0.6 is 0 Å².